The van der Waals surface area contributed by atoms with Crippen LogP contribution in [0.2, 0.25) is 0 Å². The van der Waals surface area contributed by atoms with Crippen LogP contribution in [0.15, 0.2) is 22.7 Å². The van der Waals surface area contributed by atoms with Crippen molar-refractivity contribution in [3.63, 3.8) is 0 Å². The van der Waals surface area contributed by atoms with Gasteiger partial charge in [0, 0.05) is 9.80 Å². The third-order valence-corrected chi connectivity index (χ3v) is 2.81. The predicted molar refractivity (Wildman–Crippen MR) is 64.1 cm³/mol. The van der Waals surface area contributed by atoms with E-state index >= 15 is 0 Å². The lowest BCUT2D eigenvalue weighted by molar-refractivity contribution is 0.204. The molecule has 1 aromatic carbocycles. The molecule has 0 aliphatic heterocycles. The topological polar surface area (TPSA) is 29.5 Å². The number of hydrogen-bond acceptors (Lipinski definition) is 2. The Hall–Kier alpha value is -0.0600. The smallest absolute Gasteiger partial charge is 0.120 e. The van der Waals surface area contributed by atoms with Gasteiger partial charge < -0.3 is 9.84 Å². The molecular formula is C10H12Br2O2. The molecular weight excluding hydrogens is 312 g/mol. The third-order valence-electron chi connectivity index (χ3n) is 1.74. The molecule has 78 valence electrons. The van der Waals surface area contributed by atoms with E-state index in [2.05, 4.69) is 31.9 Å². The highest BCUT2D eigenvalue weighted by Gasteiger charge is 2.08. The number of rotatable bonds is 4. The van der Waals surface area contributed by atoms with Crippen LogP contribution in [-0.2, 0) is 0 Å². The van der Waals surface area contributed by atoms with Gasteiger partial charge in [0.2, 0.25) is 0 Å². The lowest BCUT2D eigenvalue weighted by atomic mass is 10.1. The molecule has 1 N–H and O–H groups in total. The van der Waals surface area contributed by atoms with Crippen molar-refractivity contribution in [1.29, 1.82) is 0 Å². The van der Waals surface area contributed by atoms with Crippen molar-refractivity contribution in [3.8, 4) is 5.75 Å². The van der Waals surface area contributed by atoms with Crippen LogP contribution in [-0.4, -0.2) is 17.0 Å². The van der Waals surface area contributed by atoms with E-state index in [-0.39, 0.29) is 0 Å². The number of halogens is 2. The van der Waals surface area contributed by atoms with Crippen molar-refractivity contribution in [2.45, 2.75) is 13.0 Å². The van der Waals surface area contributed by atoms with E-state index in [1.807, 2.05) is 25.1 Å². The molecule has 0 bridgehead atoms. The largest absolute Gasteiger partial charge is 0.494 e. The van der Waals surface area contributed by atoms with E-state index in [0.29, 0.717) is 11.9 Å². The first kappa shape index (κ1) is 12.0. The van der Waals surface area contributed by atoms with E-state index in [4.69, 9.17) is 4.74 Å². The predicted octanol–water partition coefficient (Wildman–Crippen LogP) is 3.28. The Morgan fingerprint density at radius 3 is 2.71 bits per heavy atom. The summed E-state index contributed by atoms with van der Waals surface area (Å²) >= 11 is 6.61. The molecule has 1 rings (SSSR count). The summed E-state index contributed by atoms with van der Waals surface area (Å²) in [6.45, 7) is 2.56. The van der Waals surface area contributed by atoms with Crippen molar-refractivity contribution in [2.24, 2.45) is 0 Å². The van der Waals surface area contributed by atoms with Crippen LogP contribution >= 0.6 is 31.9 Å². The van der Waals surface area contributed by atoms with E-state index < -0.39 is 6.10 Å². The molecule has 0 radical (unpaired) electrons. The summed E-state index contributed by atoms with van der Waals surface area (Å²) in [6.07, 6.45) is -0.494. The summed E-state index contributed by atoms with van der Waals surface area (Å²) in [4.78, 5) is 0. The third kappa shape index (κ3) is 3.26. The van der Waals surface area contributed by atoms with E-state index in [1.54, 1.807) is 0 Å². The maximum absolute atomic E-state index is 9.62. The Morgan fingerprint density at radius 1 is 1.43 bits per heavy atom. The normalized spacial score (nSPS) is 12.6. The van der Waals surface area contributed by atoms with Crippen LogP contribution < -0.4 is 4.74 Å². The highest BCUT2D eigenvalue weighted by Crippen LogP contribution is 2.26. The molecule has 0 amide bonds. The minimum Gasteiger partial charge on any atom is -0.494 e. The zero-order chi connectivity index (χ0) is 10.6. The summed E-state index contributed by atoms with van der Waals surface area (Å²) in [5.41, 5.74) is 0.847. The zero-order valence-electron chi connectivity index (χ0n) is 7.84. The van der Waals surface area contributed by atoms with Gasteiger partial charge in [0.1, 0.15) is 5.75 Å². The van der Waals surface area contributed by atoms with Gasteiger partial charge in [0.15, 0.2) is 0 Å². The monoisotopic (exact) mass is 322 g/mol. The lowest BCUT2D eigenvalue weighted by Gasteiger charge is -2.10. The first-order chi connectivity index (χ1) is 6.67. The average Bonchev–Trinajstić information content (AvgIpc) is 2.16. The summed E-state index contributed by atoms with van der Waals surface area (Å²) in [7, 11) is 0. The molecule has 0 saturated heterocycles. The number of aliphatic hydroxyl groups excluding tert-OH is 1. The van der Waals surface area contributed by atoms with Crippen molar-refractivity contribution >= 4 is 31.9 Å². The Morgan fingerprint density at radius 2 is 2.14 bits per heavy atom. The minimum atomic E-state index is -0.494. The summed E-state index contributed by atoms with van der Waals surface area (Å²) in [6, 6.07) is 5.61. The van der Waals surface area contributed by atoms with Gasteiger partial charge in [0.05, 0.1) is 12.7 Å². The van der Waals surface area contributed by atoms with Crippen molar-refractivity contribution in [3.05, 3.63) is 28.2 Å². The molecule has 0 aliphatic rings. The van der Waals surface area contributed by atoms with Gasteiger partial charge in [-0.2, -0.15) is 0 Å². The minimum absolute atomic E-state index is 0.494. The molecule has 1 atom stereocenters. The Labute approximate surface area is 101 Å². The van der Waals surface area contributed by atoms with Gasteiger partial charge >= 0.3 is 0 Å². The first-order valence-corrected chi connectivity index (χ1v) is 6.26. The highest BCUT2D eigenvalue weighted by atomic mass is 79.9. The van der Waals surface area contributed by atoms with Crippen LogP contribution in [0.3, 0.4) is 0 Å². The molecule has 1 unspecified atom stereocenters. The van der Waals surface area contributed by atoms with Gasteiger partial charge in [-0.25, -0.2) is 0 Å². The SMILES string of the molecule is CCOc1cc(Br)cc(C(O)CBr)c1. The Balaban J connectivity index is 2.94. The van der Waals surface area contributed by atoms with Gasteiger partial charge in [-0.15, -0.1) is 0 Å². The van der Waals surface area contributed by atoms with Crippen LogP contribution in [0.5, 0.6) is 5.75 Å². The van der Waals surface area contributed by atoms with Crippen molar-refractivity contribution < 1.29 is 9.84 Å². The quantitative estimate of drug-likeness (QED) is 0.862. The second kappa shape index (κ2) is 5.73. The van der Waals surface area contributed by atoms with E-state index in [1.165, 1.54) is 0 Å². The Kier molecular flexibility index (Phi) is 4.92. The molecule has 14 heavy (non-hydrogen) atoms. The summed E-state index contributed by atoms with van der Waals surface area (Å²) < 4.78 is 6.28. The van der Waals surface area contributed by atoms with Gasteiger partial charge in [-0.3, -0.25) is 0 Å². The van der Waals surface area contributed by atoms with E-state index in [9.17, 15) is 5.11 Å². The van der Waals surface area contributed by atoms with Gasteiger partial charge in [-0.05, 0) is 30.7 Å². The maximum Gasteiger partial charge on any atom is 0.120 e. The molecule has 1 aromatic rings. The Bertz CT molecular complexity index is 302. The first-order valence-electron chi connectivity index (χ1n) is 4.34. The maximum atomic E-state index is 9.62. The average molecular weight is 324 g/mol. The van der Waals surface area contributed by atoms with Crippen LogP contribution in [0, 0.1) is 0 Å². The highest BCUT2D eigenvalue weighted by molar-refractivity contribution is 9.10. The molecule has 0 heterocycles. The van der Waals surface area contributed by atoms with Gasteiger partial charge in [0.25, 0.3) is 0 Å². The number of hydrogen-bond donors (Lipinski definition) is 1. The van der Waals surface area contributed by atoms with Crippen LogP contribution in [0.1, 0.15) is 18.6 Å². The lowest BCUT2D eigenvalue weighted by Crippen LogP contribution is -2.00. The molecule has 4 heteroatoms. The van der Waals surface area contributed by atoms with Crippen LogP contribution in [0.4, 0.5) is 0 Å². The molecule has 0 aliphatic carbocycles. The molecule has 0 aromatic heterocycles. The molecule has 0 spiro atoms. The van der Waals surface area contributed by atoms with Crippen molar-refractivity contribution in [1.82, 2.24) is 0 Å². The van der Waals surface area contributed by atoms with Crippen LogP contribution in [0.25, 0.3) is 0 Å². The van der Waals surface area contributed by atoms with Crippen molar-refractivity contribution in [2.75, 3.05) is 11.9 Å². The summed E-state index contributed by atoms with van der Waals surface area (Å²) in [5.74, 6) is 0.775. The standard InChI is InChI=1S/C10H12Br2O2/c1-2-14-9-4-7(10(13)6-11)3-8(12)5-9/h3-5,10,13H,2,6H2,1H3. The number of alkyl halides is 1. The fourth-order valence-corrected chi connectivity index (χ4v) is 1.98. The number of aliphatic hydroxyl groups is 1. The molecule has 0 saturated carbocycles. The zero-order valence-corrected chi connectivity index (χ0v) is 11.0. The number of benzene rings is 1. The van der Waals surface area contributed by atoms with Gasteiger partial charge in [-0.1, -0.05) is 31.9 Å². The van der Waals surface area contributed by atoms with E-state index in [0.717, 1.165) is 15.8 Å². The fraction of sp³-hybridized carbons (Fsp3) is 0.400. The summed E-state index contributed by atoms with van der Waals surface area (Å²) in [5, 5.41) is 10.1. The molecule has 2 nitrogen and oxygen atoms in total. The molecule has 0 fully saturated rings. The number of ether oxygens (including phenoxy) is 1. The second-order valence-electron chi connectivity index (χ2n) is 2.82. The second-order valence-corrected chi connectivity index (χ2v) is 4.39. The fourth-order valence-electron chi connectivity index (χ4n) is 1.12.